The molecule has 134 valence electrons. The molecule has 0 aliphatic heterocycles. The molecular weight excluding hydrogens is 322 g/mol. The van der Waals surface area contributed by atoms with E-state index in [4.69, 9.17) is 5.11 Å². The van der Waals surface area contributed by atoms with Crippen LogP contribution in [0.3, 0.4) is 0 Å². The Morgan fingerprint density at radius 2 is 1.81 bits per heavy atom. The number of hydrogen-bond donors (Lipinski definition) is 1. The van der Waals surface area contributed by atoms with Crippen LogP contribution in [0.4, 0.5) is 0 Å². The quantitative estimate of drug-likeness (QED) is 0.572. The molecule has 3 aromatic rings. The number of allylic oxidation sites excluding steroid dienone is 1. The fourth-order valence-corrected chi connectivity index (χ4v) is 3.24. The first-order valence-corrected chi connectivity index (χ1v) is 9.15. The van der Waals surface area contributed by atoms with Gasteiger partial charge in [0.05, 0.1) is 0 Å². The summed E-state index contributed by atoms with van der Waals surface area (Å²) in [5, 5.41) is 10.0. The summed E-state index contributed by atoms with van der Waals surface area (Å²) in [7, 11) is 0. The van der Waals surface area contributed by atoms with E-state index in [1.54, 1.807) is 0 Å². The summed E-state index contributed by atoms with van der Waals surface area (Å²) in [6.45, 7) is 4.88. The summed E-state index contributed by atoms with van der Waals surface area (Å²) in [6, 6.07) is 17.1. The molecule has 3 nitrogen and oxygen atoms in total. The molecule has 3 rings (SSSR count). The summed E-state index contributed by atoms with van der Waals surface area (Å²) in [5.74, 6) is -0.914. The summed E-state index contributed by atoms with van der Waals surface area (Å²) < 4.78 is 2.23. The fourth-order valence-electron chi connectivity index (χ4n) is 3.24. The van der Waals surface area contributed by atoms with Gasteiger partial charge in [0.2, 0.25) is 0 Å². The van der Waals surface area contributed by atoms with Crippen molar-refractivity contribution in [1.82, 2.24) is 4.57 Å². The van der Waals surface area contributed by atoms with Gasteiger partial charge in [-0.2, -0.15) is 0 Å². The molecule has 26 heavy (non-hydrogen) atoms. The van der Waals surface area contributed by atoms with Crippen LogP contribution in [0.2, 0.25) is 0 Å². The Bertz CT molecular complexity index is 933. The van der Waals surface area contributed by atoms with Crippen LogP contribution >= 0.6 is 0 Å². The van der Waals surface area contributed by atoms with Crippen LogP contribution in [0.1, 0.15) is 43.4 Å². The molecule has 0 bridgehead atoms. The number of nitrogens with zero attached hydrogens (tertiary/aromatic N) is 1. The highest BCUT2D eigenvalue weighted by Gasteiger charge is 2.05. The Kier molecular flexibility index (Phi) is 5.57. The number of hydrogen-bond acceptors (Lipinski definition) is 1. The molecule has 0 unspecified atom stereocenters. The molecule has 0 saturated carbocycles. The highest BCUT2D eigenvalue weighted by Crippen LogP contribution is 2.23. The van der Waals surface area contributed by atoms with Gasteiger partial charge in [0, 0.05) is 29.7 Å². The minimum atomic E-state index is -0.914. The van der Waals surface area contributed by atoms with Gasteiger partial charge in [0.15, 0.2) is 0 Å². The highest BCUT2D eigenvalue weighted by atomic mass is 16.4. The third kappa shape index (κ3) is 4.23. The van der Waals surface area contributed by atoms with Gasteiger partial charge in [-0.1, -0.05) is 43.7 Å². The summed E-state index contributed by atoms with van der Waals surface area (Å²) in [4.78, 5) is 10.9. The van der Waals surface area contributed by atoms with Gasteiger partial charge in [-0.3, -0.25) is 0 Å². The molecule has 1 aromatic heterocycles. The second-order valence-corrected chi connectivity index (χ2v) is 6.80. The van der Waals surface area contributed by atoms with Crippen molar-refractivity contribution in [2.24, 2.45) is 0 Å². The number of aliphatic carboxylic acids is 1. The van der Waals surface area contributed by atoms with E-state index in [-0.39, 0.29) is 0 Å². The van der Waals surface area contributed by atoms with Crippen LogP contribution in [0.5, 0.6) is 0 Å². The van der Waals surface area contributed by atoms with Crippen LogP contribution in [0.25, 0.3) is 16.5 Å². The molecule has 3 heteroatoms. The van der Waals surface area contributed by atoms with Crippen molar-refractivity contribution >= 4 is 22.4 Å². The van der Waals surface area contributed by atoms with Gasteiger partial charge in [0.1, 0.15) is 0 Å². The highest BCUT2D eigenvalue weighted by molar-refractivity contribution is 5.91. The van der Waals surface area contributed by atoms with Crippen molar-refractivity contribution in [2.75, 3.05) is 0 Å². The zero-order valence-corrected chi connectivity index (χ0v) is 15.4. The third-order valence-corrected chi connectivity index (χ3v) is 4.76. The van der Waals surface area contributed by atoms with Crippen LogP contribution in [-0.2, 0) is 17.8 Å². The van der Waals surface area contributed by atoms with Crippen molar-refractivity contribution < 1.29 is 9.90 Å². The number of aryl methyl sites for hydroxylation is 1. The Hall–Kier alpha value is -2.81. The predicted molar refractivity (Wildman–Crippen MR) is 107 cm³/mol. The van der Waals surface area contributed by atoms with Gasteiger partial charge in [-0.15, -0.1) is 0 Å². The molecule has 0 aliphatic carbocycles. The molecule has 0 spiro atoms. The van der Waals surface area contributed by atoms with E-state index in [1.165, 1.54) is 30.0 Å². The average Bonchev–Trinajstić information content (AvgIpc) is 3.02. The molecule has 0 atom stereocenters. The van der Waals surface area contributed by atoms with E-state index in [1.807, 2.05) is 13.0 Å². The molecule has 2 aromatic carbocycles. The number of aromatic nitrogens is 1. The lowest BCUT2D eigenvalue weighted by Crippen LogP contribution is -1.98. The predicted octanol–water partition coefficient (Wildman–Crippen LogP) is 5.52. The van der Waals surface area contributed by atoms with Gasteiger partial charge in [-0.25, -0.2) is 4.79 Å². The van der Waals surface area contributed by atoms with Gasteiger partial charge >= 0.3 is 5.97 Å². The topological polar surface area (TPSA) is 42.2 Å². The molecule has 0 saturated heterocycles. The number of unbranched alkanes of at least 4 members (excludes halogenated alkanes) is 1. The largest absolute Gasteiger partial charge is 0.478 e. The number of carbonyl (C=O) groups is 1. The van der Waals surface area contributed by atoms with Gasteiger partial charge in [0.25, 0.3) is 0 Å². The van der Waals surface area contributed by atoms with Crippen molar-refractivity contribution in [3.8, 4) is 0 Å². The van der Waals surface area contributed by atoms with E-state index in [0.29, 0.717) is 0 Å². The maximum Gasteiger partial charge on any atom is 0.328 e. The fraction of sp³-hybridized carbons (Fsp3) is 0.261. The van der Waals surface area contributed by atoms with E-state index in [2.05, 4.69) is 60.2 Å². The first kappa shape index (κ1) is 18.0. The molecular formula is C23H25NO2. The van der Waals surface area contributed by atoms with Crippen LogP contribution < -0.4 is 0 Å². The first-order valence-electron chi connectivity index (χ1n) is 9.15. The molecule has 0 amide bonds. The minimum absolute atomic E-state index is 0.759. The van der Waals surface area contributed by atoms with Gasteiger partial charge in [-0.05, 0) is 60.2 Å². The molecule has 0 radical (unpaired) electrons. The zero-order chi connectivity index (χ0) is 18.5. The van der Waals surface area contributed by atoms with Crippen molar-refractivity contribution in [3.63, 3.8) is 0 Å². The lowest BCUT2D eigenvalue weighted by atomic mass is 10.1. The van der Waals surface area contributed by atoms with Gasteiger partial charge < -0.3 is 9.67 Å². The maximum absolute atomic E-state index is 10.9. The molecule has 1 heterocycles. The standard InChI is InChI=1S/C23H25NO2/c1-3-4-5-18-6-8-19(9-7-18)16-24-13-12-21-15-20(10-11-22(21)24)17(2)14-23(25)26/h6-15H,3-5,16H2,1-2H3,(H,25,26)/b17-14+. The van der Waals surface area contributed by atoms with Crippen LogP contribution in [0.15, 0.2) is 60.8 Å². The number of rotatable bonds is 7. The number of carboxylic acids is 1. The van der Waals surface area contributed by atoms with E-state index >= 15 is 0 Å². The molecule has 0 fully saturated rings. The third-order valence-electron chi connectivity index (χ3n) is 4.76. The molecule has 0 aliphatic rings. The van der Waals surface area contributed by atoms with Crippen molar-refractivity contribution in [3.05, 3.63) is 77.5 Å². The Morgan fingerprint density at radius 1 is 1.08 bits per heavy atom. The second kappa shape index (κ2) is 8.05. The zero-order valence-electron chi connectivity index (χ0n) is 15.4. The summed E-state index contributed by atoms with van der Waals surface area (Å²) >= 11 is 0. The van der Waals surface area contributed by atoms with Crippen LogP contribution in [-0.4, -0.2) is 15.6 Å². The Morgan fingerprint density at radius 3 is 2.50 bits per heavy atom. The Balaban J connectivity index is 1.80. The monoisotopic (exact) mass is 347 g/mol. The second-order valence-electron chi connectivity index (χ2n) is 6.80. The lowest BCUT2D eigenvalue weighted by Gasteiger charge is -2.08. The number of fused-ring (bicyclic) bond motifs is 1. The maximum atomic E-state index is 10.9. The smallest absolute Gasteiger partial charge is 0.328 e. The minimum Gasteiger partial charge on any atom is -0.478 e. The first-order chi connectivity index (χ1) is 12.6. The normalized spacial score (nSPS) is 11.8. The SMILES string of the molecule is CCCCc1ccc(Cn2ccc3cc(/C(C)=C/C(=O)O)ccc32)cc1. The van der Waals surface area contributed by atoms with Crippen molar-refractivity contribution in [2.45, 2.75) is 39.7 Å². The summed E-state index contributed by atoms with van der Waals surface area (Å²) in [6.07, 6.45) is 6.95. The van der Waals surface area contributed by atoms with Crippen molar-refractivity contribution in [1.29, 1.82) is 0 Å². The van der Waals surface area contributed by atoms with E-state index < -0.39 is 5.97 Å². The number of benzene rings is 2. The summed E-state index contributed by atoms with van der Waals surface area (Å²) in [5.41, 5.74) is 5.55. The number of carboxylic acid groups (broad SMARTS) is 1. The lowest BCUT2D eigenvalue weighted by molar-refractivity contribution is -0.131. The van der Waals surface area contributed by atoms with E-state index in [9.17, 15) is 4.79 Å². The Labute approximate surface area is 154 Å². The molecule has 1 N–H and O–H groups in total. The van der Waals surface area contributed by atoms with Crippen LogP contribution in [0, 0.1) is 0 Å². The van der Waals surface area contributed by atoms with E-state index in [0.717, 1.165) is 35.0 Å². The average molecular weight is 347 g/mol.